The maximum Gasteiger partial charge on any atom is 0.311 e. The first-order chi connectivity index (χ1) is 8.98. The largest absolute Gasteiger partial charge is 0.495 e. The van der Waals surface area contributed by atoms with Crippen molar-refractivity contribution >= 4 is 23.2 Å². The highest BCUT2D eigenvalue weighted by Gasteiger charge is 2.40. The summed E-state index contributed by atoms with van der Waals surface area (Å²) in [7, 11) is 1.52. The van der Waals surface area contributed by atoms with E-state index in [0.717, 1.165) is 0 Å². The van der Waals surface area contributed by atoms with Crippen molar-refractivity contribution in [3.05, 3.63) is 16.3 Å². The second-order valence-electron chi connectivity index (χ2n) is 5.01. The van der Waals surface area contributed by atoms with Gasteiger partial charge in [0.05, 0.1) is 12.5 Å². The lowest BCUT2D eigenvalue weighted by atomic mass is 9.82. The van der Waals surface area contributed by atoms with Gasteiger partial charge in [-0.25, -0.2) is 0 Å². The number of ether oxygens (including phenoxy) is 1. The molecule has 6 heteroatoms. The van der Waals surface area contributed by atoms with Crippen LogP contribution >= 0.6 is 11.3 Å². The van der Waals surface area contributed by atoms with E-state index in [2.05, 4.69) is 0 Å². The number of carbonyl (C=O) groups excluding carboxylic acids is 1. The number of aliphatic carboxylic acids is 1. The molecule has 0 radical (unpaired) electrons. The molecule has 1 amide bonds. The van der Waals surface area contributed by atoms with Crippen LogP contribution in [0.4, 0.5) is 0 Å². The van der Waals surface area contributed by atoms with E-state index in [1.165, 1.54) is 18.4 Å². The van der Waals surface area contributed by atoms with E-state index in [1.54, 1.807) is 23.3 Å². The average Bonchev–Trinajstić information content (AvgIpc) is 2.86. The van der Waals surface area contributed by atoms with Gasteiger partial charge < -0.3 is 14.7 Å². The monoisotopic (exact) mass is 283 g/mol. The van der Waals surface area contributed by atoms with Crippen LogP contribution in [0.2, 0.25) is 0 Å². The highest BCUT2D eigenvalue weighted by molar-refractivity contribution is 7.12. The number of nitrogens with zero attached hydrogens (tertiary/aromatic N) is 1. The average molecular weight is 283 g/mol. The number of carboxylic acid groups (broad SMARTS) is 1. The SMILES string of the molecule is COc1ccsc1C(=O)N1CCCC(C)(C(=O)O)C1. The number of carbonyl (C=O) groups is 2. The van der Waals surface area contributed by atoms with Gasteiger partial charge in [-0.15, -0.1) is 11.3 Å². The minimum absolute atomic E-state index is 0.140. The highest BCUT2D eigenvalue weighted by Crippen LogP contribution is 2.33. The third-order valence-corrected chi connectivity index (χ3v) is 4.43. The van der Waals surface area contributed by atoms with Crippen molar-refractivity contribution < 1.29 is 19.4 Å². The fourth-order valence-electron chi connectivity index (χ4n) is 2.35. The Morgan fingerprint density at radius 3 is 2.89 bits per heavy atom. The van der Waals surface area contributed by atoms with Crippen molar-refractivity contribution in [2.45, 2.75) is 19.8 Å². The van der Waals surface area contributed by atoms with Gasteiger partial charge in [0, 0.05) is 13.1 Å². The van der Waals surface area contributed by atoms with E-state index >= 15 is 0 Å². The number of rotatable bonds is 3. The quantitative estimate of drug-likeness (QED) is 0.922. The number of amides is 1. The van der Waals surface area contributed by atoms with Gasteiger partial charge in [-0.2, -0.15) is 0 Å². The molecule has 1 atom stereocenters. The van der Waals surface area contributed by atoms with Crippen LogP contribution in [0.5, 0.6) is 5.75 Å². The molecule has 1 aliphatic heterocycles. The predicted octanol–water partition coefficient (Wildman–Crippen LogP) is 2.08. The first kappa shape index (κ1) is 13.9. The van der Waals surface area contributed by atoms with Gasteiger partial charge in [0.15, 0.2) is 0 Å². The summed E-state index contributed by atoms with van der Waals surface area (Å²) in [6, 6.07) is 1.75. The molecule has 1 fully saturated rings. The molecule has 104 valence electrons. The molecule has 1 N–H and O–H groups in total. The molecule has 1 aromatic heterocycles. The molecule has 5 nitrogen and oxygen atoms in total. The lowest BCUT2D eigenvalue weighted by molar-refractivity contribution is -0.150. The molecule has 1 unspecified atom stereocenters. The van der Waals surface area contributed by atoms with Crippen LogP contribution in [0.15, 0.2) is 11.4 Å². The number of thiophene rings is 1. The summed E-state index contributed by atoms with van der Waals surface area (Å²) < 4.78 is 5.14. The van der Waals surface area contributed by atoms with Crippen LogP contribution in [0.3, 0.4) is 0 Å². The van der Waals surface area contributed by atoms with Gasteiger partial charge in [0.25, 0.3) is 5.91 Å². The van der Waals surface area contributed by atoms with E-state index in [1.807, 2.05) is 0 Å². The van der Waals surface area contributed by atoms with Crippen molar-refractivity contribution in [3.63, 3.8) is 0 Å². The number of methoxy groups -OCH3 is 1. The van der Waals surface area contributed by atoms with Gasteiger partial charge >= 0.3 is 5.97 Å². The van der Waals surface area contributed by atoms with E-state index in [4.69, 9.17) is 4.74 Å². The van der Waals surface area contributed by atoms with Gasteiger partial charge in [-0.05, 0) is 31.2 Å². The molecule has 0 bridgehead atoms. The smallest absolute Gasteiger partial charge is 0.311 e. The van der Waals surface area contributed by atoms with Crippen molar-refractivity contribution in [1.29, 1.82) is 0 Å². The minimum Gasteiger partial charge on any atom is -0.495 e. The fraction of sp³-hybridized carbons (Fsp3) is 0.538. The Morgan fingerprint density at radius 2 is 2.26 bits per heavy atom. The molecule has 0 aliphatic carbocycles. The summed E-state index contributed by atoms with van der Waals surface area (Å²) in [5, 5.41) is 11.1. The number of carboxylic acids is 1. The van der Waals surface area contributed by atoms with Crippen LogP contribution in [-0.2, 0) is 4.79 Å². The second-order valence-corrected chi connectivity index (χ2v) is 5.93. The molecule has 19 heavy (non-hydrogen) atoms. The van der Waals surface area contributed by atoms with E-state index < -0.39 is 11.4 Å². The van der Waals surface area contributed by atoms with Crippen molar-refractivity contribution in [2.75, 3.05) is 20.2 Å². The van der Waals surface area contributed by atoms with Gasteiger partial charge in [0.2, 0.25) is 0 Å². The van der Waals surface area contributed by atoms with E-state index in [-0.39, 0.29) is 12.5 Å². The van der Waals surface area contributed by atoms with E-state index in [0.29, 0.717) is 30.0 Å². The second kappa shape index (κ2) is 5.21. The summed E-state index contributed by atoms with van der Waals surface area (Å²) in [5.41, 5.74) is -0.849. The molecular weight excluding hydrogens is 266 g/mol. The van der Waals surface area contributed by atoms with Crippen LogP contribution in [-0.4, -0.2) is 42.1 Å². The molecule has 0 saturated carbocycles. The van der Waals surface area contributed by atoms with Crippen LogP contribution in [0.1, 0.15) is 29.4 Å². The summed E-state index contributed by atoms with van der Waals surface area (Å²) in [5.74, 6) is -0.431. The van der Waals surface area contributed by atoms with Gasteiger partial charge in [-0.1, -0.05) is 0 Å². The Balaban J connectivity index is 2.18. The Labute approximate surface area is 115 Å². The molecule has 2 heterocycles. The minimum atomic E-state index is -0.849. The molecule has 1 aromatic rings. The molecule has 1 aliphatic rings. The summed E-state index contributed by atoms with van der Waals surface area (Å²) >= 11 is 1.32. The molecule has 1 saturated heterocycles. The lowest BCUT2D eigenvalue weighted by Gasteiger charge is -2.37. The Bertz CT molecular complexity index is 499. The number of likely N-dealkylation sites (tertiary alicyclic amines) is 1. The summed E-state index contributed by atoms with van der Waals surface area (Å²) in [6.07, 6.45) is 1.32. The molecule has 0 spiro atoms. The standard InChI is InChI=1S/C13H17NO4S/c1-13(12(16)17)5-3-6-14(8-13)11(15)10-9(18-2)4-7-19-10/h4,7H,3,5-6,8H2,1-2H3,(H,16,17). The van der Waals surface area contributed by atoms with Crippen LogP contribution in [0.25, 0.3) is 0 Å². The summed E-state index contributed by atoms with van der Waals surface area (Å²) in [4.78, 5) is 25.9. The highest BCUT2D eigenvalue weighted by atomic mass is 32.1. The predicted molar refractivity (Wildman–Crippen MR) is 71.8 cm³/mol. The molecule has 2 rings (SSSR count). The first-order valence-corrected chi connectivity index (χ1v) is 7.00. The zero-order chi connectivity index (χ0) is 14.0. The Kier molecular flexibility index (Phi) is 3.80. The number of hydrogen-bond donors (Lipinski definition) is 1. The van der Waals surface area contributed by atoms with Crippen LogP contribution < -0.4 is 4.74 Å². The number of piperidine rings is 1. The third kappa shape index (κ3) is 2.58. The zero-order valence-corrected chi connectivity index (χ0v) is 11.8. The topological polar surface area (TPSA) is 66.8 Å². The van der Waals surface area contributed by atoms with E-state index in [9.17, 15) is 14.7 Å². The molecule has 0 aromatic carbocycles. The fourth-order valence-corrected chi connectivity index (χ4v) is 3.17. The third-order valence-electron chi connectivity index (χ3n) is 3.54. The molecular formula is C13H17NO4S. The first-order valence-electron chi connectivity index (χ1n) is 6.12. The van der Waals surface area contributed by atoms with Crippen molar-refractivity contribution in [1.82, 2.24) is 4.90 Å². The Hall–Kier alpha value is -1.56. The Morgan fingerprint density at radius 1 is 1.53 bits per heavy atom. The lowest BCUT2D eigenvalue weighted by Crippen LogP contribution is -2.48. The number of hydrogen-bond acceptors (Lipinski definition) is 4. The van der Waals surface area contributed by atoms with Gasteiger partial charge in [0.1, 0.15) is 10.6 Å². The van der Waals surface area contributed by atoms with Crippen LogP contribution in [0, 0.1) is 5.41 Å². The maximum atomic E-state index is 12.4. The normalized spacial score (nSPS) is 23.2. The van der Waals surface area contributed by atoms with Crippen molar-refractivity contribution in [2.24, 2.45) is 5.41 Å². The summed E-state index contributed by atoms with van der Waals surface area (Å²) in [6.45, 7) is 2.55. The van der Waals surface area contributed by atoms with Gasteiger partial charge in [-0.3, -0.25) is 9.59 Å². The maximum absolute atomic E-state index is 12.4. The zero-order valence-electron chi connectivity index (χ0n) is 11.0. The van der Waals surface area contributed by atoms with Crippen molar-refractivity contribution in [3.8, 4) is 5.75 Å².